The molecular weight excluding hydrogens is 338 g/mol. The van der Waals surface area contributed by atoms with Gasteiger partial charge in [0.05, 0.1) is 12.2 Å². The number of fused-ring (bicyclic) bond motifs is 2. The van der Waals surface area contributed by atoms with Crippen LogP contribution in [-0.4, -0.2) is 30.8 Å². The van der Waals surface area contributed by atoms with Gasteiger partial charge < -0.3 is 20.7 Å². The van der Waals surface area contributed by atoms with Gasteiger partial charge in [-0.15, -0.1) is 0 Å². The van der Waals surface area contributed by atoms with Crippen molar-refractivity contribution in [3.05, 3.63) is 59.1 Å². The second kappa shape index (κ2) is 6.67. The number of carbonyl (C=O) groups excluding carboxylic acids is 1. The molecule has 0 radical (unpaired) electrons. The summed E-state index contributed by atoms with van der Waals surface area (Å²) in [7, 11) is 0. The lowest BCUT2D eigenvalue weighted by atomic mass is 9.93. The summed E-state index contributed by atoms with van der Waals surface area (Å²) < 4.78 is 5.96. The molecule has 25 heavy (non-hydrogen) atoms. The average molecular weight is 358 g/mol. The molecule has 0 aromatic heterocycles. The van der Waals surface area contributed by atoms with Gasteiger partial charge in [-0.05, 0) is 42.3 Å². The van der Waals surface area contributed by atoms with Gasteiger partial charge in [0.2, 0.25) is 0 Å². The number of hydrogen-bond donors (Lipinski definition) is 3. The molecule has 0 spiro atoms. The molecular formula is C19H20ClN3O2. The summed E-state index contributed by atoms with van der Waals surface area (Å²) in [6.07, 6.45) is 1.97. The van der Waals surface area contributed by atoms with Crippen LogP contribution in [0.1, 0.15) is 12.0 Å². The van der Waals surface area contributed by atoms with E-state index >= 15 is 0 Å². The maximum absolute atomic E-state index is 12.1. The fourth-order valence-corrected chi connectivity index (χ4v) is 3.74. The van der Waals surface area contributed by atoms with Crippen molar-refractivity contribution in [3.8, 4) is 0 Å². The summed E-state index contributed by atoms with van der Waals surface area (Å²) >= 11 is 5.92. The Morgan fingerprint density at radius 3 is 2.64 bits per heavy atom. The lowest BCUT2D eigenvalue weighted by Gasteiger charge is -2.26. The Morgan fingerprint density at radius 1 is 1.20 bits per heavy atom. The Balaban J connectivity index is 1.35. The summed E-state index contributed by atoms with van der Waals surface area (Å²) in [6.45, 7) is 1.73. The molecule has 2 aromatic rings. The largest absolute Gasteiger partial charge is 0.372 e. The SMILES string of the molecule is O=C(Nc1ccc(CC23CNC(CO2)C3)cc1)Nc1cccc(Cl)c1. The van der Waals surface area contributed by atoms with Crippen LogP contribution in [-0.2, 0) is 11.2 Å². The molecule has 5 nitrogen and oxygen atoms in total. The second-order valence-electron chi connectivity index (χ2n) is 6.74. The van der Waals surface area contributed by atoms with Crippen LogP contribution in [0.5, 0.6) is 0 Å². The zero-order valence-corrected chi connectivity index (χ0v) is 14.5. The Labute approximate surface area is 151 Å². The molecule has 2 aromatic carbocycles. The van der Waals surface area contributed by atoms with E-state index in [9.17, 15) is 4.79 Å². The van der Waals surface area contributed by atoms with Gasteiger partial charge >= 0.3 is 6.03 Å². The minimum atomic E-state index is -0.296. The molecule has 2 unspecified atom stereocenters. The Morgan fingerprint density at radius 2 is 2.00 bits per heavy atom. The summed E-state index contributed by atoms with van der Waals surface area (Å²) in [4.78, 5) is 12.1. The number of hydrogen-bond acceptors (Lipinski definition) is 3. The van der Waals surface area contributed by atoms with E-state index in [1.807, 2.05) is 24.3 Å². The van der Waals surface area contributed by atoms with Crippen molar-refractivity contribution in [1.82, 2.24) is 5.32 Å². The van der Waals surface area contributed by atoms with E-state index in [-0.39, 0.29) is 11.6 Å². The lowest BCUT2D eigenvalue weighted by Crippen LogP contribution is -2.40. The van der Waals surface area contributed by atoms with Crippen LogP contribution >= 0.6 is 11.6 Å². The molecule has 0 aliphatic carbocycles. The monoisotopic (exact) mass is 357 g/mol. The Bertz CT molecular complexity index is 770. The summed E-state index contributed by atoms with van der Waals surface area (Å²) in [5.74, 6) is 0. The van der Waals surface area contributed by atoms with Crippen molar-refractivity contribution in [1.29, 1.82) is 0 Å². The molecule has 2 atom stereocenters. The molecule has 130 valence electrons. The number of carbonyl (C=O) groups is 1. The van der Waals surface area contributed by atoms with Gasteiger partial charge in [0.15, 0.2) is 0 Å². The molecule has 0 saturated carbocycles. The third kappa shape index (κ3) is 3.79. The number of urea groups is 1. The van der Waals surface area contributed by atoms with Crippen LogP contribution in [0.3, 0.4) is 0 Å². The van der Waals surface area contributed by atoms with Gasteiger partial charge in [-0.25, -0.2) is 4.79 Å². The predicted molar refractivity (Wildman–Crippen MR) is 99.3 cm³/mol. The molecule has 2 fully saturated rings. The highest BCUT2D eigenvalue weighted by Crippen LogP contribution is 2.34. The molecule has 2 amide bonds. The van der Waals surface area contributed by atoms with Crippen LogP contribution < -0.4 is 16.0 Å². The summed E-state index contributed by atoms with van der Waals surface area (Å²) in [6, 6.07) is 15.2. The zero-order valence-electron chi connectivity index (χ0n) is 13.7. The first-order chi connectivity index (χ1) is 12.1. The minimum Gasteiger partial charge on any atom is -0.372 e. The third-order valence-electron chi connectivity index (χ3n) is 4.74. The van der Waals surface area contributed by atoms with E-state index in [1.165, 1.54) is 5.56 Å². The standard InChI is InChI=1S/C19H20ClN3O2/c20-14-2-1-3-16(8-14)23-18(24)22-15-6-4-13(5-7-15)9-19-10-17(11-25-19)21-12-19/h1-8,17,21H,9-12H2,(H2,22,23,24). The van der Waals surface area contributed by atoms with Gasteiger partial charge in [-0.2, -0.15) is 0 Å². The van der Waals surface area contributed by atoms with Gasteiger partial charge in [0.1, 0.15) is 0 Å². The Kier molecular flexibility index (Phi) is 4.37. The van der Waals surface area contributed by atoms with Crippen LogP contribution in [0.2, 0.25) is 5.02 Å². The van der Waals surface area contributed by atoms with E-state index in [2.05, 4.69) is 16.0 Å². The second-order valence-corrected chi connectivity index (χ2v) is 7.18. The molecule has 6 heteroatoms. The van der Waals surface area contributed by atoms with Crippen molar-refractivity contribution >= 4 is 29.0 Å². The number of morpholine rings is 1. The lowest BCUT2D eigenvalue weighted by molar-refractivity contribution is -0.00521. The van der Waals surface area contributed by atoms with Crippen LogP contribution in [0.15, 0.2) is 48.5 Å². The first-order valence-electron chi connectivity index (χ1n) is 8.40. The average Bonchev–Trinajstić information content (AvgIpc) is 3.17. The quantitative estimate of drug-likeness (QED) is 0.782. The summed E-state index contributed by atoms with van der Waals surface area (Å²) in [5, 5.41) is 9.65. The Hall–Kier alpha value is -2.08. The number of nitrogens with one attached hydrogen (secondary N) is 3. The number of amides is 2. The predicted octanol–water partition coefficient (Wildman–Crippen LogP) is 3.66. The molecule has 2 saturated heterocycles. The normalized spacial score (nSPS) is 24.3. The van der Waals surface area contributed by atoms with Gasteiger partial charge in [0.25, 0.3) is 0 Å². The number of rotatable bonds is 4. The number of anilines is 2. The van der Waals surface area contributed by atoms with E-state index in [0.717, 1.165) is 31.7 Å². The van der Waals surface area contributed by atoms with Crippen molar-refractivity contribution in [2.45, 2.75) is 24.5 Å². The number of benzene rings is 2. The van der Waals surface area contributed by atoms with Crippen molar-refractivity contribution < 1.29 is 9.53 Å². The van der Waals surface area contributed by atoms with Gasteiger partial charge in [-0.3, -0.25) is 0 Å². The van der Waals surface area contributed by atoms with Gasteiger partial charge in [-0.1, -0.05) is 29.8 Å². The summed E-state index contributed by atoms with van der Waals surface area (Å²) in [5.41, 5.74) is 2.56. The van der Waals surface area contributed by atoms with Crippen molar-refractivity contribution in [3.63, 3.8) is 0 Å². The van der Waals surface area contributed by atoms with Crippen LogP contribution in [0.4, 0.5) is 16.2 Å². The fourth-order valence-electron chi connectivity index (χ4n) is 3.55. The van der Waals surface area contributed by atoms with Crippen LogP contribution in [0.25, 0.3) is 0 Å². The van der Waals surface area contributed by atoms with E-state index in [1.54, 1.807) is 24.3 Å². The highest BCUT2D eigenvalue weighted by molar-refractivity contribution is 6.30. The van der Waals surface area contributed by atoms with Crippen molar-refractivity contribution in [2.24, 2.45) is 0 Å². The molecule has 2 aliphatic heterocycles. The molecule has 2 aliphatic rings. The van der Waals surface area contributed by atoms with E-state index in [4.69, 9.17) is 16.3 Å². The maximum Gasteiger partial charge on any atom is 0.323 e. The first kappa shape index (κ1) is 16.4. The van der Waals surface area contributed by atoms with Gasteiger partial charge in [0, 0.05) is 35.4 Å². The maximum atomic E-state index is 12.1. The highest BCUT2D eigenvalue weighted by Gasteiger charge is 2.45. The molecule has 4 rings (SSSR count). The van der Waals surface area contributed by atoms with Crippen molar-refractivity contribution in [2.75, 3.05) is 23.8 Å². The fraction of sp³-hybridized carbons (Fsp3) is 0.316. The topological polar surface area (TPSA) is 62.4 Å². The van der Waals surface area contributed by atoms with E-state index < -0.39 is 0 Å². The number of halogens is 1. The molecule has 2 bridgehead atoms. The first-order valence-corrected chi connectivity index (χ1v) is 8.78. The zero-order chi connectivity index (χ0) is 17.3. The third-order valence-corrected chi connectivity index (χ3v) is 4.98. The molecule has 2 heterocycles. The molecule has 3 N–H and O–H groups in total. The highest BCUT2D eigenvalue weighted by atomic mass is 35.5. The van der Waals surface area contributed by atoms with E-state index in [0.29, 0.717) is 16.8 Å². The number of ether oxygens (including phenoxy) is 1. The smallest absolute Gasteiger partial charge is 0.323 e. The minimum absolute atomic E-state index is 0.0520. The van der Waals surface area contributed by atoms with Crippen LogP contribution in [0, 0.1) is 0 Å².